The van der Waals surface area contributed by atoms with E-state index in [2.05, 4.69) is 21.3 Å². The molecule has 0 radical (unpaired) electrons. The average molecular weight is 864 g/mol. The smallest absolute Gasteiger partial charge is 0.407 e. The van der Waals surface area contributed by atoms with Crippen LogP contribution in [0.4, 0.5) is 4.79 Å². The van der Waals surface area contributed by atoms with Gasteiger partial charge in [-0.25, -0.2) is 4.79 Å². The summed E-state index contributed by atoms with van der Waals surface area (Å²) in [4.78, 5) is 97.7. The summed E-state index contributed by atoms with van der Waals surface area (Å²) in [7, 11) is 0. The molecule has 4 rings (SSSR count). The van der Waals surface area contributed by atoms with Crippen molar-refractivity contribution < 1.29 is 38.3 Å². The van der Waals surface area contributed by atoms with Gasteiger partial charge in [0.1, 0.15) is 35.8 Å². The molecule has 6 N–H and O–H groups in total. The molecular formula is C45H65N7O8S. The maximum absolute atomic E-state index is 14.7. The number of carbonyl (C=O) groups excluding carboxylic acids is 7. The van der Waals surface area contributed by atoms with Crippen LogP contribution in [0.25, 0.3) is 0 Å². The van der Waals surface area contributed by atoms with Gasteiger partial charge in [0.2, 0.25) is 35.4 Å². The molecule has 2 aliphatic rings. The van der Waals surface area contributed by atoms with Crippen molar-refractivity contribution >= 4 is 53.3 Å². The van der Waals surface area contributed by atoms with Gasteiger partial charge in [0.25, 0.3) is 0 Å². The SMILES string of the molecule is CSCC[C@H](NC(=O)[C@H](CC(C)C)N1C[C@@H]2CCN(C(=O)[C@H](Cc3ccccc3)NC(=O)[C@H](Cc3ccccc3)NC(=O)CCCCNC(=O)OC(C)(C)C)[C@@H]2C1=O)C(N)=O. The first-order chi connectivity index (χ1) is 29.0. The fourth-order valence-electron chi connectivity index (χ4n) is 7.80. The van der Waals surface area contributed by atoms with E-state index in [1.165, 1.54) is 16.7 Å². The highest BCUT2D eigenvalue weighted by atomic mass is 32.2. The summed E-state index contributed by atoms with van der Waals surface area (Å²) in [6.07, 6.45) is 3.96. The topological polar surface area (TPSA) is 209 Å². The van der Waals surface area contributed by atoms with E-state index in [4.69, 9.17) is 10.5 Å². The molecule has 0 aliphatic carbocycles. The van der Waals surface area contributed by atoms with E-state index in [1.807, 2.05) is 80.8 Å². The predicted octanol–water partition coefficient (Wildman–Crippen LogP) is 3.33. The Morgan fingerprint density at radius 2 is 1.46 bits per heavy atom. The lowest BCUT2D eigenvalue weighted by atomic mass is 10.0. The number of hydrogen-bond acceptors (Lipinski definition) is 9. The van der Waals surface area contributed by atoms with Crippen LogP contribution in [0.1, 0.15) is 84.3 Å². The number of nitrogens with two attached hydrogens (primary N) is 1. The van der Waals surface area contributed by atoms with E-state index in [-0.39, 0.29) is 49.5 Å². The third-order valence-corrected chi connectivity index (χ3v) is 11.4. The molecule has 0 unspecified atom stereocenters. The number of hydrogen-bond donors (Lipinski definition) is 5. The normalized spacial score (nSPS) is 18.1. The lowest BCUT2D eigenvalue weighted by Crippen LogP contribution is -2.58. The molecule has 2 fully saturated rings. The number of likely N-dealkylation sites (tertiary alicyclic amines) is 2. The monoisotopic (exact) mass is 863 g/mol. The van der Waals surface area contributed by atoms with Gasteiger partial charge in [-0.15, -0.1) is 0 Å². The first kappa shape index (κ1) is 48.5. The van der Waals surface area contributed by atoms with Gasteiger partial charge in [-0.3, -0.25) is 28.8 Å². The zero-order chi connectivity index (χ0) is 44.7. The van der Waals surface area contributed by atoms with Gasteiger partial charge in [-0.1, -0.05) is 74.5 Å². The first-order valence-corrected chi connectivity index (χ1v) is 22.7. The Morgan fingerprint density at radius 1 is 0.852 bits per heavy atom. The number of fused-ring (bicyclic) bond motifs is 1. The van der Waals surface area contributed by atoms with E-state index in [1.54, 1.807) is 25.7 Å². The fourth-order valence-corrected chi connectivity index (χ4v) is 8.27. The maximum atomic E-state index is 14.7. The van der Waals surface area contributed by atoms with Crippen LogP contribution in [-0.4, -0.2) is 119 Å². The van der Waals surface area contributed by atoms with Gasteiger partial charge in [0, 0.05) is 44.8 Å². The van der Waals surface area contributed by atoms with Crippen molar-refractivity contribution in [1.82, 2.24) is 31.1 Å². The van der Waals surface area contributed by atoms with Crippen molar-refractivity contribution in [2.24, 2.45) is 17.6 Å². The Morgan fingerprint density at radius 3 is 2.03 bits per heavy atom. The fraction of sp³-hybridized carbons (Fsp3) is 0.578. The molecule has 2 aliphatic heterocycles. The van der Waals surface area contributed by atoms with Crippen molar-refractivity contribution in [1.29, 1.82) is 0 Å². The Balaban J connectivity index is 1.51. The number of rotatable bonds is 22. The van der Waals surface area contributed by atoms with Crippen LogP contribution in [-0.2, 0) is 46.3 Å². The molecule has 2 saturated heterocycles. The number of thioether (sulfide) groups is 1. The lowest BCUT2D eigenvalue weighted by Gasteiger charge is -2.32. The van der Waals surface area contributed by atoms with Crippen molar-refractivity contribution in [3.05, 3.63) is 71.8 Å². The highest BCUT2D eigenvalue weighted by Crippen LogP contribution is 2.35. The molecule has 2 heterocycles. The number of nitrogens with one attached hydrogen (secondary N) is 4. The lowest BCUT2D eigenvalue weighted by molar-refractivity contribution is -0.146. The number of benzene rings is 2. The number of amides is 7. The molecule has 0 bridgehead atoms. The zero-order valence-electron chi connectivity index (χ0n) is 36.4. The molecule has 2 aromatic rings. The van der Waals surface area contributed by atoms with Crippen LogP contribution in [0.5, 0.6) is 0 Å². The molecule has 0 saturated carbocycles. The van der Waals surface area contributed by atoms with Crippen molar-refractivity contribution in [3.8, 4) is 0 Å². The zero-order valence-corrected chi connectivity index (χ0v) is 37.3. The van der Waals surface area contributed by atoms with Crippen LogP contribution < -0.4 is 27.0 Å². The van der Waals surface area contributed by atoms with Crippen LogP contribution >= 0.6 is 11.8 Å². The summed E-state index contributed by atoms with van der Waals surface area (Å²) in [6.45, 7) is 10.1. The number of primary amides is 1. The van der Waals surface area contributed by atoms with Crippen LogP contribution in [0, 0.1) is 11.8 Å². The Hall–Kier alpha value is -5.12. The highest BCUT2D eigenvalue weighted by Gasteiger charge is 2.53. The minimum atomic E-state index is -1.08. The largest absolute Gasteiger partial charge is 0.444 e. The van der Waals surface area contributed by atoms with Crippen molar-refractivity contribution in [2.45, 2.75) is 122 Å². The standard InChI is InChI=1S/C45H65N7O8S/c1-29(2)25-36(41(56)49-33(39(46)54)21-24-61-6)52-28-32-20-23-51(38(32)43(52)58)42(57)35(27-31-17-11-8-12-18-31)50-40(55)34(26-30-15-9-7-10-16-30)48-37(53)19-13-14-22-47-44(59)60-45(3,4)5/h7-12,15-18,29,32-36,38H,13-14,19-28H2,1-6H3,(H2,46,54)(H,47,59)(H,48,53)(H,49,56)(H,50,55)/t32-,33-,34-,35-,36-,38-/m0/s1. The van der Waals surface area contributed by atoms with E-state index >= 15 is 0 Å². The maximum Gasteiger partial charge on any atom is 0.407 e. The second-order valence-electron chi connectivity index (χ2n) is 17.4. The third kappa shape index (κ3) is 15.1. The molecule has 16 heteroatoms. The minimum absolute atomic E-state index is 0.0379. The molecule has 2 aromatic carbocycles. The summed E-state index contributed by atoms with van der Waals surface area (Å²) in [6, 6.07) is 13.8. The molecule has 0 aromatic heterocycles. The average Bonchev–Trinajstić information content (AvgIpc) is 3.77. The predicted molar refractivity (Wildman–Crippen MR) is 235 cm³/mol. The summed E-state index contributed by atoms with van der Waals surface area (Å²) in [5, 5.41) is 11.3. The summed E-state index contributed by atoms with van der Waals surface area (Å²) >= 11 is 1.53. The van der Waals surface area contributed by atoms with E-state index in [0.29, 0.717) is 50.9 Å². The number of nitrogens with zero attached hydrogens (tertiary/aromatic N) is 2. The molecule has 61 heavy (non-hydrogen) atoms. The Bertz CT molecular complexity index is 1810. The number of unbranched alkanes of at least 4 members (excludes halogenated alkanes) is 1. The van der Waals surface area contributed by atoms with Crippen molar-refractivity contribution in [2.75, 3.05) is 31.6 Å². The Labute approximate surface area is 364 Å². The number of alkyl carbamates (subject to hydrolysis) is 1. The summed E-state index contributed by atoms with van der Waals surface area (Å²) in [5.74, 6) is -2.37. The van der Waals surface area contributed by atoms with E-state index in [9.17, 15) is 33.6 Å². The van der Waals surface area contributed by atoms with Crippen molar-refractivity contribution in [3.63, 3.8) is 0 Å². The van der Waals surface area contributed by atoms with E-state index < -0.39 is 65.5 Å². The molecule has 6 atom stereocenters. The van der Waals surface area contributed by atoms with Gasteiger partial charge < -0.3 is 41.5 Å². The van der Waals surface area contributed by atoms with Gasteiger partial charge in [-0.2, -0.15) is 11.8 Å². The van der Waals surface area contributed by atoms with Crippen LogP contribution in [0.2, 0.25) is 0 Å². The Kier molecular flexibility index (Phi) is 18.5. The van der Waals surface area contributed by atoms with Gasteiger partial charge in [-0.05, 0) is 81.9 Å². The molecule has 334 valence electrons. The number of ether oxygens (including phenoxy) is 1. The van der Waals surface area contributed by atoms with Crippen LogP contribution in [0.3, 0.4) is 0 Å². The highest BCUT2D eigenvalue weighted by molar-refractivity contribution is 7.98. The third-order valence-electron chi connectivity index (χ3n) is 10.7. The number of carbonyl (C=O) groups is 7. The second-order valence-corrected chi connectivity index (χ2v) is 18.3. The molecule has 0 spiro atoms. The minimum Gasteiger partial charge on any atom is -0.444 e. The molecule has 7 amide bonds. The van der Waals surface area contributed by atoms with E-state index in [0.717, 1.165) is 11.1 Å². The summed E-state index contributed by atoms with van der Waals surface area (Å²) in [5.41, 5.74) is 6.60. The summed E-state index contributed by atoms with van der Waals surface area (Å²) < 4.78 is 5.26. The molecule has 15 nitrogen and oxygen atoms in total. The van der Waals surface area contributed by atoms with Crippen LogP contribution in [0.15, 0.2) is 60.7 Å². The van der Waals surface area contributed by atoms with Gasteiger partial charge >= 0.3 is 6.09 Å². The second kappa shape index (κ2) is 23.2. The van der Waals surface area contributed by atoms with Gasteiger partial charge in [0.05, 0.1) is 0 Å². The van der Waals surface area contributed by atoms with Gasteiger partial charge in [0.15, 0.2) is 0 Å². The molecular weight excluding hydrogens is 799 g/mol. The first-order valence-electron chi connectivity index (χ1n) is 21.3. The quantitative estimate of drug-likeness (QED) is 0.110.